The Hall–Kier alpha value is -2.83. The summed E-state index contributed by atoms with van der Waals surface area (Å²) >= 11 is 0. The van der Waals surface area contributed by atoms with Crippen LogP contribution < -0.4 is 5.32 Å². The van der Waals surface area contributed by atoms with Crippen LogP contribution in [0.4, 0.5) is 0 Å². The molecule has 0 bridgehead atoms. The van der Waals surface area contributed by atoms with Crippen LogP contribution >= 0.6 is 0 Å². The Morgan fingerprint density at radius 1 is 0.398 bits per heavy atom. The Morgan fingerprint density at radius 2 is 0.753 bits per heavy atom. The van der Waals surface area contributed by atoms with Gasteiger partial charge in [-0.2, -0.15) is 0 Å². The van der Waals surface area contributed by atoms with E-state index in [1.165, 1.54) is 212 Å². The minimum atomic E-state index is -1.80. The van der Waals surface area contributed by atoms with E-state index < -0.39 is 86.8 Å². The van der Waals surface area contributed by atoms with Crippen molar-refractivity contribution in [1.29, 1.82) is 0 Å². The highest BCUT2D eigenvalue weighted by atomic mass is 16.7. The van der Waals surface area contributed by atoms with E-state index in [4.69, 9.17) is 18.9 Å². The second-order valence-corrected chi connectivity index (χ2v) is 26.7. The van der Waals surface area contributed by atoms with Gasteiger partial charge in [0.25, 0.3) is 0 Å². The third-order valence-electron chi connectivity index (χ3n) is 18.3. The number of allylic oxidation sites excluding steroid dienone is 13. The molecule has 2 aliphatic heterocycles. The van der Waals surface area contributed by atoms with E-state index in [0.717, 1.165) is 70.6 Å². The van der Waals surface area contributed by atoms with E-state index in [-0.39, 0.29) is 18.9 Å². The highest BCUT2D eigenvalue weighted by Crippen LogP contribution is 2.30. The van der Waals surface area contributed by atoms with Gasteiger partial charge < -0.3 is 65.1 Å². The molecule has 2 saturated heterocycles. The zero-order valence-electron chi connectivity index (χ0n) is 59.0. The zero-order chi connectivity index (χ0) is 67.3. The highest BCUT2D eigenvalue weighted by Gasteiger charge is 2.51. The second-order valence-electron chi connectivity index (χ2n) is 26.7. The molecule has 1 amide bonds. The molecule has 0 aliphatic carbocycles. The SMILES string of the molecule is CC/C=C\C/C=C\C/C=C\C/C=C\C/C=C\CCCCCCCCCCCCCCCC(=O)NC(COC1OC(CO)C(OC2OC(CO)C(O)C(O)C2O)C(O)C1O)C(O)/C=C/CC/C=C/CCCCCCCCCCCCCCCCCCCCCCCCCC. The molecule has 540 valence electrons. The lowest BCUT2D eigenvalue weighted by atomic mass is 9.97. The maximum atomic E-state index is 13.4. The van der Waals surface area contributed by atoms with Crippen LogP contribution in [0.2, 0.25) is 0 Å². The van der Waals surface area contributed by atoms with Crippen LogP contribution in [-0.4, -0.2) is 140 Å². The van der Waals surface area contributed by atoms with Crippen molar-refractivity contribution in [3.05, 3.63) is 85.1 Å². The highest BCUT2D eigenvalue weighted by molar-refractivity contribution is 5.76. The van der Waals surface area contributed by atoms with Crippen molar-refractivity contribution in [2.24, 2.45) is 0 Å². The molecule has 14 nitrogen and oxygen atoms in total. The van der Waals surface area contributed by atoms with E-state index in [2.05, 4.69) is 92.1 Å². The normalized spacial score (nSPS) is 23.0. The summed E-state index contributed by atoms with van der Waals surface area (Å²) in [5, 5.41) is 87.6. The molecule has 2 heterocycles. The van der Waals surface area contributed by atoms with Crippen LogP contribution in [0.25, 0.3) is 0 Å². The summed E-state index contributed by atoms with van der Waals surface area (Å²) in [5.41, 5.74) is 0. The van der Waals surface area contributed by atoms with E-state index in [9.17, 15) is 45.6 Å². The topological polar surface area (TPSA) is 228 Å². The Bertz CT molecular complexity index is 1890. The third kappa shape index (κ3) is 46.1. The lowest BCUT2D eigenvalue weighted by Crippen LogP contribution is -2.65. The van der Waals surface area contributed by atoms with Crippen molar-refractivity contribution in [2.45, 2.75) is 389 Å². The quantitative estimate of drug-likeness (QED) is 0.0204. The van der Waals surface area contributed by atoms with Crippen molar-refractivity contribution in [2.75, 3.05) is 19.8 Å². The number of hydrogen-bond acceptors (Lipinski definition) is 13. The molecule has 2 fully saturated rings. The zero-order valence-corrected chi connectivity index (χ0v) is 59.0. The first kappa shape index (κ1) is 86.3. The number of ether oxygens (including phenoxy) is 4. The van der Waals surface area contributed by atoms with Crippen molar-refractivity contribution in [3.8, 4) is 0 Å². The molecule has 0 spiro atoms. The largest absolute Gasteiger partial charge is 0.394 e. The number of rotatable bonds is 63. The fraction of sp³-hybridized carbons (Fsp3) is 0.810. The number of amides is 1. The second kappa shape index (κ2) is 62.7. The smallest absolute Gasteiger partial charge is 0.220 e. The van der Waals surface area contributed by atoms with E-state index >= 15 is 0 Å². The molecule has 14 heteroatoms. The maximum Gasteiger partial charge on any atom is 0.220 e. The summed E-state index contributed by atoms with van der Waals surface area (Å²) in [4.78, 5) is 13.4. The van der Waals surface area contributed by atoms with Crippen molar-refractivity contribution < 1.29 is 64.6 Å². The van der Waals surface area contributed by atoms with Gasteiger partial charge in [0, 0.05) is 6.42 Å². The van der Waals surface area contributed by atoms with Crippen molar-refractivity contribution >= 4 is 5.91 Å². The van der Waals surface area contributed by atoms with Gasteiger partial charge in [-0.25, -0.2) is 0 Å². The van der Waals surface area contributed by atoms with Crippen molar-refractivity contribution in [1.82, 2.24) is 5.32 Å². The first-order valence-corrected chi connectivity index (χ1v) is 38.3. The predicted molar refractivity (Wildman–Crippen MR) is 383 cm³/mol. The molecule has 2 rings (SSSR count). The van der Waals surface area contributed by atoms with E-state index in [0.29, 0.717) is 12.8 Å². The van der Waals surface area contributed by atoms with Gasteiger partial charge >= 0.3 is 0 Å². The van der Waals surface area contributed by atoms with Gasteiger partial charge in [0.05, 0.1) is 32.0 Å². The minimum Gasteiger partial charge on any atom is -0.394 e. The summed E-state index contributed by atoms with van der Waals surface area (Å²) in [5.74, 6) is -0.250. The monoisotopic (exact) mass is 1310 g/mol. The fourth-order valence-corrected chi connectivity index (χ4v) is 12.3. The van der Waals surface area contributed by atoms with Gasteiger partial charge in [-0.1, -0.05) is 317 Å². The Balaban J connectivity index is 1.66. The maximum absolute atomic E-state index is 13.4. The predicted octanol–water partition coefficient (Wildman–Crippen LogP) is 16.7. The number of aliphatic hydroxyl groups is 8. The average molecular weight is 1310 g/mol. The van der Waals surface area contributed by atoms with Gasteiger partial charge in [-0.15, -0.1) is 0 Å². The number of aliphatic hydroxyl groups excluding tert-OH is 8. The van der Waals surface area contributed by atoms with Gasteiger partial charge in [-0.3, -0.25) is 4.79 Å². The number of unbranched alkanes of at least 4 members (excludes halogenated alkanes) is 38. The fourth-order valence-electron chi connectivity index (χ4n) is 12.3. The van der Waals surface area contributed by atoms with E-state index in [1.807, 2.05) is 6.08 Å². The summed E-state index contributed by atoms with van der Waals surface area (Å²) in [7, 11) is 0. The molecule has 0 saturated carbocycles. The molecule has 93 heavy (non-hydrogen) atoms. The molecule has 12 atom stereocenters. The average Bonchev–Trinajstić information content (AvgIpc) is 0.854. The van der Waals surface area contributed by atoms with Crippen LogP contribution in [0.3, 0.4) is 0 Å². The third-order valence-corrected chi connectivity index (χ3v) is 18.3. The van der Waals surface area contributed by atoms with Crippen LogP contribution in [0.5, 0.6) is 0 Å². The molecule has 9 N–H and O–H groups in total. The molecular weight excluding hydrogens is 1170 g/mol. The first-order chi connectivity index (χ1) is 45.6. The summed E-state index contributed by atoms with van der Waals surface area (Å²) < 4.78 is 22.9. The summed E-state index contributed by atoms with van der Waals surface area (Å²) in [6.45, 7) is 2.71. The molecule has 0 aromatic heterocycles. The molecule has 12 unspecified atom stereocenters. The van der Waals surface area contributed by atoms with Crippen LogP contribution in [0.15, 0.2) is 85.1 Å². The van der Waals surface area contributed by atoms with Crippen LogP contribution in [-0.2, 0) is 23.7 Å². The van der Waals surface area contributed by atoms with Crippen LogP contribution in [0.1, 0.15) is 316 Å². The molecule has 0 radical (unpaired) electrons. The molecule has 0 aromatic carbocycles. The van der Waals surface area contributed by atoms with E-state index in [1.54, 1.807) is 6.08 Å². The summed E-state index contributed by atoms with van der Waals surface area (Å²) in [6.07, 6.45) is 70.8. The number of nitrogens with one attached hydrogen (secondary N) is 1. The van der Waals surface area contributed by atoms with Gasteiger partial charge in [0.2, 0.25) is 5.91 Å². The Morgan fingerprint density at radius 3 is 1.18 bits per heavy atom. The van der Waals surface area contributed by atoms with Gasteiger partial charge in [0.1, 0.15) is 48.8 Å². The molecular formula is C79H141NO13. The minimum absolute atomic E-state index is 0.250. The molecule has 0 aromatic rings. The van der Waals surface area contributed by atoms with Gasteiger partial charge in [-0.05, 0) is 77.0 Å². The first-order valence-electron chi connectivity index (χ1n) is 38.3. The lowest BCUT2D eigenvalue weighted by Gasteiger charge is -2.46. The number of carbonyl (C=O) groups is 1. The Kier molecular flexibility index (Phi) is 58.1. The summed E-state index contributed by atoms with van der Waals surface area (Å²) in [6, 6.07) is -0.939. The van der Waals surface area contributed by atoms with Crippen LogP contribution in [0, 0.1) is 0 Å². The van der Waals surface area contributed by atoms with Gasteiger partial charge in [0.15, 0.2) is 12.6 Å². The lowest BCUT2D eigenvalue weighted by molar-refractivity contribution is -0.359. The molecule has 2 aliphatic rings. The number of hydrogen-bond donors (Lipinski definition) is 9. The standard InChI is InChI=1S/C79H141NO13/c1-3-5-7-9-11-13-15-17-19-21-23-25-27-29-31-33-35-36-38-40-42-44-46-48-50-52-54-56-58-60-62-68(83)67(66-90-78-76(89)74(87)77(70(65-82)92-78)93-79-75(88)73(86)72(85)69(64-81)91-79)80-71(84)63-61-59-57-55-53-51-49-47-45-43-41-39-37-34-32-30-28-26-24-22-20-18-16-14-12-10-8-6-4-2/h6,8,12,14,18,20,24,26,30,32,52,54,60,62,67-70,72-79,81-83,85-89H,3-5,7,9-11,13,15-17,19,21-23,25,27-29,31,33-51,53,55-59,61,63-66H2,1-2H3,(H,80,84)/b8-6-,14-12-,20-18-,26-24-,32-30-,54-52+,62-60+. The van der Waals surface area contributed by atoms with Crippen molar-refractivity contribution in [3.63, 3.8) is 0 Å². The number of carbonyl (C=O) groups excluding carboxylic acids is 1. The Labute approximate surface area is 567 Å².